The van der Waals surface area contributed by atoms with Crippen molar-refractivity contribution in [3.8, 4) is 0 Å². The first-order chi connectivity index (χ1) is 8.00. The third kappa shape index (κ3) is 2.50. The number of rotatable bonds is 4. The Labute approximate surface area is 104 Å². The third-order valence-corrected chi connectivity index (χ3v) is 4.91. The topological polar surface area (TPSA) is 64.0 Å². The average molecular weight is 271 g/mol. The Kier molecular flexibility index (Phi) is 3.21. The van der Waals surface area contributed by atoms with Crippen LogP contribution in [0.15, 0.2) is 34.0 Å². The Morgan fingerprint density at radius 2 is 2.18 bits per heavy atom. The molecule has 0 spiro atoms. The van der Waals surface area contributed by atoms with Crippen LogP contribution in [0.2, 0.25) is 0 Å². The van der Waals surface area contributed by atoms with Crippen LogP contribution in [0.1, 0.15) is 19.9 Å². The number of anilines is 1. The summed E-state index contributed by atoms with van der Waals surface area (Å²) in [5.74, 6) is 0.480. The highest BCUT2D eigenvalue weighted by molar-refractivity contribution is 7.94. The smallest absolute Gasteiger partial charge is 0.263 e. The van der Waals surface area contributed by atoms with Crippen LogP contribution in [0.5, 0.6) is 0 Å². The highest BCUT2D eigenvalue weighted by Crippen LogP contribution is 2.21. The second-order valence-corrected chi connectivity index (χ2v) is 6.65. The normalized spacial score (nSPS) is 11.9. The fraction of sp³-hybridized carbons (Fsp3) is 0.300. The summed E-state index contributed by atoms with van der Waals surface area (Å²) in [5.41, 5.74) is 0. The number of hydrogen-bond donors (Lipinski definition) is 1. The Morgan fingerprint density at radius 3 is 2.76 bits per heavy atom. The van der Waals surface area contributed by atoms with E-state index in [-0.39, 0.29) is 6.04 Å². The lowest BCUT2D eigenvalue weighted by Gasteiger charge is -2.12. The standard InChI is InChI=1S/C10H13N3O2S2/c1-8(2)13-9(5-6-11-13)12-17(14,15)10-4-3-7-16-10/h3-8,12H,1-2H3. The fourth-order valence-electron chi connectivity index (χ4n) is 1.41. The maximum absolute atomic E-state index is 12.0. The minimum Gasteiger partial charge on any atom is -0.263 e. The summed E-state index contributed by atoms with van der Waals surface area (Å²) in [4.78, 5) is 0. The maximum atomic E-state index is 12.0. The van der Waals surface area contributed by atoms with Crippen molar-refractivity contribution in [1.29, 1.82) is 0 Å². The van der Waals surface area contributed by atoms with Crippen molar-refractivity contribution >= 4 is 27.2 Å². The molecule has 0 bridgehead atoms. The zero-order valence-corrected chi connectivity index (χ0v) is 11.1. The first-order valence-corrected chi connectivity index (χ1v) is 7.47. The Bertz CT molecular complexity index is 585. The largest absolute Gasteiger partial charge is 0.272 e. The van der Waals surface area contributed by atoms with Gasteiger partial charge in [0, 0.05) is 12.1 Å². The molecule has 0 atom stereocenters. The quantitative estimate of drug-likeness (QED) is 0.928. The van der Waals surface area contributed by atoms with Gasteiger partial charge in [-0.05, 0) is 25.3 Å². The molecular weight excluding hydrogens is 258 g/mol. The second-order valence-electron chi connectivity index (χ2n) is 3.79. The molecule has 17 heavy (non-hydrogen) atoms. The summed E-state index contributed by atoms with van der Waals surface area (Å²) in [6.07, 6.45) is 1.58. The number of thiophene rings is 1. The molecule has 0 aromatic carbocycles. The van der Waals surface area contributed by atoms with E-state index in [1.54, 1.807) is 34.5 Å². The lowest BCUT2D eigenvalue weighted by Crippen LogP contribution is -2.16. The van der Waals surface area contributed by atoms with Gasteiger partial charge in [0.2, 0.25) is 0 Å². The van der Waals surface area contributed by atoms with E-state index in [1.165, 1.54) is 11.3 Å². The SMILES string of the molecule is CC(C)n1nccc1NS(=O)(=O)c1cccs1. The van der Waals surface area contributed by atoms with Gasteiger partial charge in [-0.25, -0.2) is 13.1 Å². The molecule has 0 saturated heterocycles. The van der Waals surface area contributed by atoms with Gasteiger partial charge in [0.1, 0.15) is 10.0 Å². The third-order valence-electron chi connectivity index (χ3n) is 2.16. The molecule has 2 rings (SSSR count). The van der Waals surface area contributed by atoms with Crippen molar-refractivity contribution in [3.63, 3.8) is 0 Å². The van der Waals surface area contributed by atoms with Crippen LogP contribution in [0, 0.1) is 0 Å². The highest BCUT2D eigenvalue weighted by atomic mass is 32.2. The molecule has 0 saturated carbocycles. The number of nitrogens with one attached hydrogen (secondary N) is 1. The molecule has 2 aromatic rings. The fourth-order valence-corrected chi connectivity index (χ4v) is 3.45. The summed E-state index contributed by atoms with van der Waals surface area (Å²) >= 11 is 1.19. The van der Waals surface area contributed by atoms with E-state index < -0.39 is 10.0 Å². The number of sulfonamides is 1. The Hall–Kier alpha value is -1.34. The van der Waals surface area contributed by atoms with Crippen LogP contribution in [0.25, 0.3) is 0 Å². The minimum absolute atomic E-state index is 0.103. The van der Waals surface area contributed by atoms with E-state index >= 15 is 0 Å². The van der Waals surface area contributed by atoms with Gasteiger partial charge < -0.3 is 0 Å². The van der Waals surface area contributed by atoms with Crippen LogP contribution in [0.4, 0.5) is 5.82 Å². The van der Waals surface area contributed by atoms with Gasteiger partial charge >= 0.3 is 0 Å². The summed E-state index contributed by atoms with van der Waals surface area (Å²) in [5, 5.41) is 5.80. The summed E-state index contributed by atoms with van der Waals surface area (Å²) in [6, 6.07) is 5.03. The van der Waals surface area contributed by atoms with E-state index in [4.69, 9.17) is 0 Å². The van der Waals surface area contributed by atoms with Gasteiger partial charge in [0.05, 0.1) is 6.20 Å². The first kappa shape index (κ1) is 12.1. The highest BCUT2D eigenvalue weighted by Gasteiger charge is 2.17. The summed E-state index contributed by atoms with van der Waals surface area (Å²) in [6.45, 7) is 3.88. The molecular formula is C10H13N3O2S2. The predicted molar refractivity (Wildman–Crippen MR) is 67.7 cm³/mol. The Balaban J connectivity index is 2.30. The molecule has 0 amide bonds. The molecule has 0 aliphatic carbocycles. The molecule has 0 unspecified atom stereocenters. The second kappa shape index (κ2) is 4.50. The van der Waals surface area contributed by atoms with E-state index in [0.29, 0.717) is 10.0 Å². The van der Waals surface area contributed by atoms with Crippen LogP contribution < -0.4 is 4.72 Å². The van der Waals surface area contributed by atoms with Gasteiger partial charge in [-0.15, -0.1) is 11.3 Å². The van der Waals surface area contributed by atoms with Crippen LogP contribution in [0.3, 0.4) is 0 Å². The minimum atomic E-state index is -3.49. The molecule has 0 aliphatic heterocycles. The van der Waals surface area contributed by atoms with Crippen LogP contribution in [-0.4, -0.2) is 18.2 Å². The zero-order valence-electron chi connectivity index (χ0n) is 9.49. The monoisotopic (exact) mass is 271 g/mol. The molecule has 2 heterocycles. The van der Waals surface area contributed by atoms with Crippen molar-refractivity contribution in [3.05, 3.63) is 29.8 Å². The van der Waals surface area contributed by atoms with E-state index in [2.05, 4.69) is 9.82 Å². The van der Waals surface area contributed by atoms with Crippen LogP contribution >= 0.6 is 11.3 Å². The molecule has 0 fully saturated rings. The van der Waals surface area contributed by atoms with Crippen molar-refractivity contribution in [2.45, 2.75) is 24.1 Å². The molecule has 92 valence electrons. The maximum Gasteiger partial charge on any atom is 0.272 e. The lowest BCUT2D eigenvalue weighted by atomic mass is 10.4. The van der Waals surface area contributed by atoms with Crippen LogP contribution in [-0.2, 0) is 10.0 Å². The van der Waals surface area contributed by atoms with Gasteiger partial charge in [-0.2, -0.15) is 5.10 Å². The van der Waals surface area contributed by atoms with Crippen molar-refractivity contribution in [2.24, 2.45) is 0 Å². The van der Waals surface area contributed by atoms with Gasteiger partial charge in [0.25, 0.3) is 10.0 Å². The molecule has 5 nitrogen and oxygen atoms in total. The van der Waals surface area contributed by atoms with Crippen molar-refractivity contribution in [2.75, 3.05) is 4.72 Å². The van der Waals surface area contributed by atoms with E-state index in [0.717, 1.165) is 0 Å². The van der Waals surface area contributed by atoms with Gasteiger partial charge in [-0.1, -0.05) is 6.07 Å². The zero-order chi connectivity index (χ0) is 12.5. The molecule has 0 radical (unpaired) electrons. The van der Waals surface area contributed by atoms with E-state index in [1.807, 2.05) is 13.8 Å². The average Bonchev–Trinajstić information content (AvgIpc) is 2.85. The number of aromatic nitrogens is 2. The predicted octanol–water partition coefficient (Wildman–Crippen LogP) is 2.33. The van der Waals surface area contributed by atoms with E-state index in [9.17, 15) is 8.42 Å². The van der Waals surface area contributed by atoms with Crippen molar-refractivity contribution < 1.29 is 8.42 Å². The van der Waals surface area contributed by atoms with Gasteiger partial charge in [0.15, 0.2) is 0 Å². The number of nitrogens with zero attached hydrogens (tertiary/aromatic N) is 2. The molecule has 0 aliphatic rings. The van der Waals surface area contributed by atoms with Crippen molar-refractivity contribution in [1.82, 2.24) is 9.78 Å². The molecule has 1 N–H and O–H groups in total. The molecule has 7 heteroatoms. The summed E-state index contributed by atoms with van der Waals surface area (Å²) < 4.78 is 28.5. The van der Waals surface area contributed by atoms with Gasteiger partial charge in [-0.3, -0.25) is 4.72 Å². The first-order valence-electron chi connectivity index (χ1n) is 5.10. The molecule has 2 aromatic heterocycles. The Morgan fingerprint density at radius 1 is 1.41 bits per heavy atom. The summed E-state index contributed by atoms with van der Waals surface area (Å²) in [7, 11) is -3.49. The lowest BCUT2D eigenvalue weighted by molar-refractivity contribution is 0.539. The number of hydrogen-bond acceptors (Lipinski definition) is 4.